The molecular formula is C13H20N2. The van der Waals surface area contributed by atoms with Crippen molar-refractivity contribution in [2.75, 3.05) is 20.1 Å². The molecule has 2 heteroatoms. The predicted molar refractivity (Wildman–Crippen MR) is 63.9 cm³/mol. The molecule has 1 aliphatic rings. The predicted octanol–water partition coefficient (Wildman–Crippen LogP) is 1.74. The fraction of sp³-hybridized carbons (Fsp3) is 0.538. The van der Waals surface area contributed by atoms with Gasteiger partial charge in [0.2, 0.25) is 0 Å². The van der Waals surface area contributed by atoms with Gasteiger partial charge in [0.1, 0.15) is 0 Å². The molecule has 0 aliphatic carbocycles. The summed E-state index contributed by atoms with van der Waals surface area (Å²) in [6.07, 6.45) is 1.12. The summed E-state index contributed by atoms with van der Waals surface area (Å²) >= 11 is 0. The second-order valence-corrected chi connectivity index (χ2v) is 4.52. The quantitative estimate of drug-likeness (QED) is 0.795. The van der Waals surface area contributed by atoms with E-state index in [1.807, 2.05) is 0 Å². The number of aryl methyl sites for hydroxylation is 1. The molecule has 15 heavy (non-hydrogen) atoms. The highest BCUT2D eigenvalue weighted by molar-refractivity contribution is 5.36. The number of fused-ring (bicyclic) bond motifs is 1. The number of likely N-dealkylation sites (N-methyl/N-ethyl adjacent to an activating group) is 1. The summed E-state index contributed by atoms with van der Waals surface area (Å²) in [4.78, 5) is 2.36. The van der Waals surface area contributed by atoms with Gasteiger partial charge < -0.3 is 10.6 Å². The van der Waals surface area contributed by atoms with E-state index in [0.717, 1.165) is 26.1 Å². The van der Waals surface area contributed by atoms with E-state index in [4.69, 9.17) is 5.73 Å². The van der Waals surface area contributed by atoms with Crippen molar-refractivity contribution in [1.29, 1.82) is 0 Å². The molecular weight excluding hydrogens is 184 g/mol. The Labute approximate surface area is 92.1 Å². The van der Waals surface area contributed by atoms with Crippen LogP contribution in [0.5, 0.6) is 0 Å². The zero-order valence-corrected chi connectivity index (χ0v) is 9.66. The summed E-state index contributed by atoms with van der Waals surface area (Å²) in [5.74, 6) is 0.518. The van der Waals surface area contributed by atoms with Crippen LogP contribution in [-0.4, -0.2) is 25.0 Å². The van der Waals surface area contributed by atoms with E-state index in [1.54, 1.807) is 0 Å². The van der Waals surface area contributed by atoms with Crippen molar-refractivity contribution in [2.24, 2.45) is 5.73 Å². The molecule has 1 aliphatic heterocycles. The molecule has 0 saturated carbocycles. The smallest absolute Gasteiger partial charge is 0.0233 e. The summed E-state index contributed by atoms with van der Waals surface area (Å²) in [6.45, 7) is 5.12. The van der Waals surface area contributed by atoms with Gasteiger partial charge in [-0.1, -0.05) is 25.1 Å². The van der Waals surface area contributed by atoms with Crippen LogP contribution >= 0.6 is 0 Å². The van der Waals surface area contributed by atoms with Crippen LogP contribution in [0.1, 0.15) is 29.5 Å². The maximum atomic E-state index is 5.82. The summed E-state index contributed by atoms with van der Waals surface area (Å²) in [7, 11) is 2.17. The van der Waals surface area contributed by atoms with Gasteiger partial charge in [0.05, 0.1) is 0 Å². The minimum absolute atomic E-state index is 0.518. The largest absolute Gasteiger partial charge is 0.330 e. The third-order valence-corrected chi connectivity index (χ3v) is 3.31. The van der Waals surface area contributed by atoms with Gasteiger partial charge in [-0.15, -0.1) is 0 Å². The highest BCUT2D eigenvalue weighted by atomic mass is 15.1. The van der Waals surface area contributed by atoms with Crippen LogP contribution in [0.2, 0.25) is 0 Å². The topological polar surface area (TPSA) is 29.3 Å². The molecule has 1 unspecified atom stereocenters. The molecule has 0 amide bonds. The average Bonchev–Trinajstić information content (AvgIpc) is 2.26. The van der Waals surface area contributed by atoms with Gasteiger partial charge in [-0.3, -0.25) is 0 Å². The van der Waals surface area contributed by atoms with E-state index in [1.165, 1.54) is 16.7 Å². The second kappa shape index (κ2) is 4.33. The molecule has 2 N–H and O–H groups in total. The van der Waals surface area contributed by atoms with Crippen molar-refractivity contribution in [3.63, 3.8) is 0 Å². The molecule has 0 bridgehead atoms. The van der Waals surface area contributed by atoms with Gasteiger partial charge in [0.25, 0.3) is 0 Å². The van der Waals surface area contributed by atoms with E-state index < -0.39 is 0 Å². The van der Waals surface area contributed by atoms with Gasteiger partial charge in [-0.05, 0) is 30.2 Å². The number of nitrogens with two attached hydrogens (primary N) is 1. The Kier molecular flexibility index (Phi) is 3.08. The lowest BCUT2D eigenvalue weighted by Crippen LogP contribution is -2.33. The molecule has 0 aromatic heterocycles. The SMILES string of the molecule is CCc1ccc2c(c1)CN(C)CC2CN. The van der Waals surface area contributed by atoms with Crippen LogP contribution in [0.15, 0.2) is 18.2 Å². The van der Waals surface area contributed by atoms with E-state index in [0.29, 0.717) is 5.92 Å². The monoisotopic (exact) mass is 204 g/mol. The maximum absolute atomic E-state index is 5.82. The Morgan fingerprint density at radius 3 is 2.93 bits per heavy atom. The molecule has 1 heterocycles. The van der Waals surface area contributed by atoms with Crippen molar-refractivity contribution in [2.45, 2.75) is 25.8 Å². The zero-order chi connectivity index (χ0) is 10.8. The van der Waals surface area contributed by atoms with Crippen LogP contribution in [0, 0.1) is 0 Å². The standard InChI is InChI=1S/C13H20N2/c1-3-10-4-5-13-11(6-10)8-15(2)9-12(13)7-14/h4-6,12H,3,7-9,14H2,1-2H3. The molecule has 1 aromatic rings. The van der Waals surface area contributed by atoms with E-state index in [-0.39, 0.29) is 0 Å². The second-order valence-electron chi connectivity index (χ2n) is 4.52. The molecule has 2 nitrogen and oxygen atoms in total. The van der Waals surface area contributed by atoms with Crippen molar-refractivity contribution < 1.29 is 0 Å². The van der Waals surface area contributed by atoms with Crippen LogP contribution in [0.4, 0.5) is 0 Å². The highest BCUT2D eigenvalue weighted by Gasteiger charge is 2.21. The summed E-state index contributed by atoms with van der Waals surface area (Å²) in [5.41, 5.74) is 10.2. The zero-order valence-electron chi connectivity index (χ0n) is 9.66. The molecule has 1 aromatic carbocycles. The summed E-state index contributed by atoms with van der Waals surface area (Å²) in [5, 5.41) is 0. The van der Waals surface area contributed by atoms with Crippen molar-refractivity contribution in [3.05, 3.63) is 34.9 Å². The number of benzene rings is 1. The third kappa shape index (κ3) is 2.06. The van der Waals surface area contributed by atoms with Crippen LogP contribution in [0.3, 0.4) is 0 Å². The van der Waals surface area contributed by atoms with Gasteiger partial charge in [0, 0.05) is 25.6 Å². The molecule has 82 valence electrons. The van der Waals surface area contributed by atoms with E-state index in [9.17, 15) is 0 Å². The number of hydrogen-bond donors (Lipinski definition) is 1. The number of nitrogens with zero attached hydrogens (tertiary/aromatic N) is 1. The van der Waals surface area contributed by atoms with Crippen molar-refractivity contribution in [3.8, 4) is 0 Å². The fourth-order valence-electron chi connectivity index (χ4n) is 2.45. The minimum atomic E-state index is 0.518. The fourth-order valence-corrected chi connectivity index (χ4v) is 2.45. The molecule has 0 fully saturated rings. The van der Waals surface area contributed by atoms with Crippen molar-refractivity contribution >= 4 is 0 Å². The first-order valence-electron chi connectivity index (χ1n) is 5.75. The minimum Gasteiger partial charge on any atom is -0.330 e. The molecule has 2 rings (SSSR count). The van der Waals surface area contributed by atoms with E-state index >= 15 is 0 Å². The first-order chi connectivity index (χ1) is 7.24. The van der Waals surface area contributed by atoms with Crippen LogP contribution in [-0.2, 0) is 13.0 Å². The van der Waals surface area contributed by atoms with Gasteiger partial charge in [-0.25, -0.2) is 0 Å². The molecule has 0 spiro atoms. The lowest BCUT2D eigenvalue weighted by molar-refractivity contribution is 0.283. The van der Waals surface area contributed by atoms with Crippen molar-refractivity contribution in [1.82, 2.24) is 4.90 Å². The molecule has 0 radical (unpaired) electrons. The Balaban J connectivity index is 2.37. The summed E-state index contributed by atoms with van der Waals surface area (Å²) in [6, 6.07) is 6.86. The van der Waals surface area contributed by atoms with Gasteiger partial charge in [-0.2, -0.15) is 0 Å². The third-order valence-electron chi connectivity index (χ3n) is 3.31. The normalized spacial score (nSPS) is 21.4. The van der Waals surface area contributed by atoms with Crippen LogP contribution in [0.25, 0.3) is 0 Å². The molecule has 0 saturated heterocycles. The Hall–Kier alpha value is -0.860. The first kappa shape index (κ1) is 10.7. The summed E-state index contributed by atoms with van der Waals surface area (Å²) < 4.78 is 0. The van der Waals surface area contributed by atoms with E-state index in [2.05, 4.69) is 37.1 Å². The maximum Gasteiger partial charge on any atom is 0.0233 e. The lowest BCUT2D eigenvalue weighted by atomic mass is 9.88. The highest BCUT2D eigenvalue weighted by Crippen LogP contribution is 2.27. The first-order valence-corrected chi connectivity index (χ1v) is 5.75. The Bertz CT molecular complexity index is 346. The van der Waals surface area contributed by atoms with Gasteiger partial charge in [0.15, 0.2) is 0 Å². The van der Waals surface area contributed by atoms with Crippen LogP contribution < -0.4 is 5.73 Å². The molecule has 1 atom stereocenters. The Morgan fingerprint density at radius 1 is 1.47 bits per heavy atom. The Morgan fingerprint density at radius 2 is 2.27 bits per heavy atom. The lowest BCUT2D eigenvalue weighted by Gasteiger charge is -2.31. The number of hydrogen-bond acceptors (Lipinski definition) is 2. The number of rotatable bonds is 2. The average molecular weight is 204 g/mol. The van der Waals surface area contributed by atoms with Gasteiger partial charge >= 0.3 is 0 Å².